The second-order valence-corrected chi connectivity index (χ2v) is 8.29. The minimum Gasteiger partial charge on any atom is -0.207 e. The van der Waals surface area contributed by atoms with Gasteiger partial charge < -0.3 is 0 Å². The van der Waals surface area contributed by atoms with Crippen LogP contribution in [0, 0.1) is 6.92 Å². The number of hydrogen-bond donors (Lipinski definition) is 0. The molecular weight excluding hydrogens is 318 g/mol. The maximum Gasteiger partial charge on any atom is 0.243 e. The van der Waals surface area contributed by atoms with Gasteiger partial charge in [0, 0.05) is 12.6 Å². The summed E-state index contributed by atoms with van der Waals surface area (Å²) in [5.74, 6) is 0. The first-order chi connectivity index (χ1) is 11.5. The highest BCUT2D eigenvalue weighted by Gasteiger charge is 2.43. The Morgan fingerprint density at radius 2 is 1.79 bits per heavy atom. The van der Waals surface area contributed by atoms with Gasteiger partial charge in [-0.15, -0.1) is 0 Å². The molecule has 3 rings (SSSR count). The van der Waals surface area contributed by atoms with E-state index in [1.807, 2.05) is 37.3 Å². The maximum absolute atomic E-state index is 12.5. The molecule has 126 valence electrons. The van der Waals surface area contributed by atoms with Crippen molar-refractivity contribution >= 4 is 15.6 Å². The average molecular weight is 341 g/mol. The van der Waals surface area contributed by atoms with Gasteiger partial charge in [-0.25, -0.2) is 8.42 Å². The summed E-state index contributed by atoms with van der Waals surface area (Å²) in [4.78, 5) is 0.393. The first-order valence-electron chi connectivity index (χ1n) is 8.30. The van der Waals surface area contributed by atoms with Gasteiger partial charge in [0.15, 0.2) is 0 Å². The second-order valence-electron chi connectivity index (χ2n) is 6.40. The number of hydrogen-bond acceptors (Lipinski definition) is 2. The van der Waals surface area contributed by atoms with Crippen molar-refractivity contribution in [2.75, 3.05) is 6.54 Å². The molecule has 0 amide bonds. The van der Waals surface area contributed by atoms with Crippen molar-refractivity contribution in [2.45, 2.75) is 37.1 Å². The van der Waals surface area contributed by atoms with E-state index in [0.29, 0.717) is 11.4 Å². The third-order valence-corrected chi connectivity index (χ3v) is 6.42. The number of allylic oxidation sites excluding steroid dienone is 1. The molecule has 0 spiro atoms. The Hall–Kier alpha value is -1.91. The van der Waals surface area contributed by atoms with Crippen molar-refractivity contribution < 1.29 is 8.42 Å². The molecule has 1 aliphatic heterocycles. The predicted molar refractivity (Wildman–Crippen MR) is 98.2 cm³/mol. The minimum absolute atomic E-state index is 0.139. The Morgan fingerprint density at radius 1 is 1.12 bits per heavy atom. The molecule has 1 heterocycles. The van der Waals surface area contributed by atoms with Crippen LogP contribution in [-0.2, 0) is 10.0 Å². The van der Waals surface area contributed by atoms with Crippen LogP contribution in [0.4, 0.5) is 0 Å². The standard InChI is InChI=1S/C20H23NO2S/c1-16-11-13-20(14-12-16)24(22,23)21-15-19(21)10-6-7-17(2)18-8-4-3-5-9-18/h3-5,8-9,11-14,19H,2,6-7,10,15H2,1H3. The molecule has 0 N–H and O–H groups in total. The van der Waals surface area contributed by atoms with Crippen molar-refractivity contribution in [2.24, 2.45) is 0 Å². The van der Waals surface area contributed by atoms with E-state index in [1.165, 1.54) is 0 Å². The van der Waals surface area contributed by atoms with E-state index in [4.69, 9.17) is 0 Å². The Bertz CT molecular complexity index is 810. The quantitative estimate of drug-likeness (QED) is 0.706. The van der Waals surface area contributed by atoms with Gasteiger partial charge in [0.2, 0.25) is 10.0 Å². The van der Waals surface area contributed by atoms with E-state index in [1.54, 1.807) is 16.4 Å². The highest BCUT2D eigenvalue weighted by atomic mass is 32.2. The van der Waals surface area contributed by atoms with Crippen LogP contribution in [0.3, 0.4) is 0 Å². The van der Waals surface area contributed by atoms with Gasteiger partial charge in [0.1, 0.15) is 0 Å². The van der Waals surface area contributed by atoms with E-state index in [0.717, 1.165) is 36.0 Å². The molecule has 3 nitrogen and oxygen atoms in total. The summed E-state index contributed by atoms with van der Waals surface area (Å²) in [7, 11) is -3.32. The highest BCUT2D eigenvalue weighted by molar-refractivity contribution is 7.89. The fourth-order valence-electron chi connectivity index (χ4n) is 2.91. The summed E-state index contributed by atoms with van der Waals surface area (Å²) in [6.07, 6.45) is 2.74. The lowest BCUT2D eigenvalue weighted by atomic mass is 10.0. The average Bonchev–Trinajstić information content (AvgIpc) is 3.36. The molecule has 0 aliphatic carbocycles. The molecule has 0 aromatic heterocycles. The van der Waals surface area contributed by atoms with Crippen LogP contribution in [0.2, 0.25) is 0 Å². The molecule has 0 saturated carbocycles. The lowest BCUT2D eigenvalue weighted by Gasteiger charge is -2.08. The van der Waals surface area contributed by atoms with Crippen LogP contribution in [-0.4, -0.2) is 25.3 Å². The van der Waals surface area contributed by atoms with Gasteiger partial charge in [0.25, 0.3) is 0 Å². The van der Waals surface area contributed by atoms with Gasteiger partial charge in [0.05, 0.1) is 4.90 Å². The maximum atomic E-state index is 12.5. The molecular formula is C20H23NO2S. The SMILES string of the molecule is C=C(CCCC1CN1S(=O)(=O)c1ccc(C)cc1)c1ccccc1. The molecule has 1 fully saturated rings. The molecule has 2 aromatic carbocycles. The number of nitrogens with zero attached hydrogens (tertiary/aromatic N) is 1. The summed E-state index contributed by atoms with van der Waals surface area (Å²) in [6, 6.07) is 17.4. The molecule has 4 heteroatoms. The van der Waals surface area contributed by atoms with Gasteiger partial charge in [-0.1, -0.05) is 54.6 Å². The second kappa shape index (κ2) is 6.91. The fraction of sp³-hybridized carbons (Fsp3) is 0.300. The molecule has 24 heavy (non-hydrogen) atoms. The minimum atomic E-state index is -3.32. The highest BCUT2D eigenvalue weighted by Crippen LogP contribution is 2.32. The number of sulfonamides is 1. The normalized spacial score (nSPS) is 19.9. The predicted octanol–water partition coefficient (Wildman–Crippen LogP) is 4.25. The summed E-state index contributed by atoms with van der Waals surface area (Å²) < 4.78 is 26.7. The van der Waals surface area contributed by atoms with Crippen molar-refractivity contribution in [3.8, 4) is 0 Å². The van der Waals surface area contributed by atoms with E-state index in [-0.39, 0.29) is 6.04 Å². The molecule has 0 radical (unpaired) electrons. The van der Waals surface area contributed by atoms with Crippen LogP contribution >= 0.6 is 0 Å². The van der Waals surface area contributed by atoms with Crippen LogP contribution in [0.5, 0.6) is 0 Å². The molecule has 2 unspecified atom stereocenters. The first-order valence-corrected chi connectivity index (χ1v) is 9.74. The molecule has 2 atom stereocenters. The Balaban J connectivity index is 1.51. The Labute approximate surface area is 144 Å². The zero-order valence-electron chi connectivity index (χ0n) is 14.0. The third-order valence-electron chi connectivity index (χ3n) is 4.49. The van der Waals surface area contributed by atoms with E-state index >= 15 is 0 Å². The van der Waals surface area contributed by atoms with Gasteiger partial charge >= 0.3 is 0 Å². The van der Waals surface area contributed by atoms with Crippen molar-refractivity contribution in [1.29, 1.82) is 0 Å². The van der Waals surface area contributed by atoms with E-state index in [9.17, 15) is 8.42 Å². The third kappa shape index (κ3) is 3.77. The first kappa shape index (κ1) is 16.9. The lowest BCUT2D eigenvalue weighted by Crippen LogP contribution is -2.14. The smallest absolute Gasteiger partial charge is 0.207 e. The summed E-state index contributed by atoms with van der Waals surface area (Å²) in [6.45, 7) is 6.72. The van der Waals surface area contributed by atoms with Crippen LogP contribution in [0.1, 0.15) is 30.4 Å². The molecule has 1 aliphatic rings. The Kier molecular flexibility index (Phi) is 4.88. The van der Waals surface area contributed by atoms with Gasteiger partial charge in [-0.3, -0.25) is 0 Å². The lowest BCUT2D eigenvalue weighted by molar-refractivity contribution is 0.544. The Morgan fingerprint density at radius 3 is 2.46 bits per heavy atom. The molecule has 0 bridgehead atoms. The van der Waals surface area contributed by atoms with E-state index < -0.39 is 10.0 Å². The summed E-state index contributed by atoms with van der Waals surface area (Å²) in [5.41, 5.74) is 3.34. The van der Waals surface area contributed by atoms with Crippen molar-refractivity contribution in [3.05, 3.63) is 72.3 Å². The topological polar surface area (TPSA) is 37.1 Å². The van der Waals surface area contributed by atoms with Gasteiger partial charge in [-0.2, -0.15) is 4.31 Å². The van der Waals surface area contributed by atoms with Crippen LogP contribution in [0.25, 0.3) is 5.57 Å². The fourth-order valence-corrected chi connectivity index (χ4v) is 4.52. The van der Waals surface area contributed by atoms with Crippen LogP contribution in [0.15, 0.2) is 66.1 Å². The number of rotatable bonds is 7. The zero-order valence-corrected chi connectivity index (χ0v) is 14.8. The largest absolute Gasteiger partial charge is 0.243 e. The summed E-state index contributed by atoms with van der Waals surface area (Å²) in [5, 5.41) is 0. The number of aryl methyl sites for hydroxylation is 1. The van der Waals surface area contributed by atoms with Crippen molar-refractivity contribution in [3.63, 3.8) is 0 Å². The zero-order chi connectivity index (χ0) is 17.2. The molecule has 2 aromatic rings. The van der Waals surface area contributed by atoms with E-state index in [2.05, 4.69) is 18.7 Å². The summed E-state index contributed by atoms with van der Waals surface area (Å²) >= 11 is 0. The van der Waals surface area contributed by atoms with Crippen LogP contribution < -0.4 is 0 Å². The number of benzene rings is 2. The van der Waals surface area contributed by atoms with Crippen molar-refractivity contribution in [1.82, 2.24) is 4.31 Å². The molecule has 1 saturated heterocycles. The monoisotopic (exact) mass is 341 g/mol. The van der Waals surface area contributed by atoms with Gasteiger partial charge in [-0.05, 0) is 49.5 Å².